The van der Waals surface area contributed by atoms with Crippen molar-refractivity contribution in [2.75, 3.05) is 13.1 Å². The summed E-state index contributed by atoms with van der Waals surface area (Å²) in [5.74, 6) is 0.406. The minimum absolute atomic E-state index is 0.0208. The number of amides is 1. The van der Waals surface area contributed by atoms with Gasteiger partial charge in [-0.05, 0) is 61.6 Å². The third kappa shape index (κ3) is 3.89. The van der Waals surface area contributed by atoms with Gasteiger partial charge in [0.2, 0.25) is 0 Å². The van der Waals surface area contributed by atoms with Crippen molar-refractivity contribution in [3.63, 3.8) is 0 Å². The van der Waals surface area contributed by atoms with E-state index in [0.717, 1.165) is 48.1 Å². The number of piperidine rings is 1. The van der Waals surface area contributed by atoms with Crippen LogP contribution in [0.15, 0.2) is 72.9 Å². The summed E-state index contributed by atoms with van der Waals surface area (Å²) in [6.07, 6.45) is 3.85. The molecule has 0 bridgehead atoms. The number of aromatic nitrogens is 2. The maximum Gasteiger partial charge on any atom is 0.272 e. The van der Waals surface area contributed by atoms with Crippen LogP contribution in [0.25, 0.3) is 22.0 Å². The molecule has 0 radical (unpaired) electrons. The first-order valence-corrected chi connectivity index (χ1v) is 11.3. The van der Waals surface area contributed by atoms with Crippen molar-refractivity contribution in [1.82, 2.24) is 14.9 Å². The zero-order valence-corrected chi connectivity index (χ0v) is 18.6. The second-order valence-corrected chi connectivity index (χ2v) is 8.67. The maximum absolute atomic E-state index is 13.0. The summed E-state index contributed by atoms with van der Waals surface area (Å²) in [6, 6.07) is 22.5. The summed E-state index contributed by atoms with van der Waals surface area (Å²) < 4.78 is 0. The molecule has 0 atom stereocenters. The van der Waals surface area contributed by atoms with Crippen molar-refractivity contribution >= 4 is 16.8 Å². The third-order valence-electron chi connectivity index (χ3n) is 6.72. The normalized spacial score (nSPS) is 14.6. The highest BCUT2D eigenvalue weighted by Gasteiger charge is 2.26. The highest BCUT2D eigenvalue weighted by Crippen LogP contribution is 2.30. The molecule has 0 N–H and O–H groups in total. The van der Waals surface area contributed by atoms with E-state index in [4.69, 9.17) is 4.98 Å². The minimum atomic E-state index is 0.0208. The van der Waals surface area contributed by atoms with E-state index >= 15 is 0 Å². The number of carbonyl (C=O) groups is 1. The first kappa shape index (κ1) is 20.4. The molecule has 1 aliphatic heterocycles. The van der Waals surface area contributed by atoms with Gasteiger partial charge in [-0.25, -0.2) is 4.98 Å². The summed E-state index contributed by atoms with van der Waals surface area (Å²) in [5, 5.41) is 1.05. The predicted molar refractivity (Wildman–Crippen MR) is 129 cm³/mol. The van der Waals surface area contributed by atoms with Gasteiger partial charge in [-0.3, -0.25) is 9.78 Å². The van der Waals surface area contributed by atoms with Crippen molar-refractivity contribution in [2.45, 2.75) is 32.6 Å². The Balaban J connectivity index is 1.26. The second-order valence-electron chi connectivity index (χ2n) is 8.67. The molecule has 2 aromatic heterocycles. The lowest BCUT2D eigenvalue weighted by Crippen LogP contribution is -2.38. The summed E-state index contributed by atoms with van der Waals surface area (Å²) in [5.41, 5.74) is 7.51. The van der Waals surface area contributed by atoms with Crippen LogP contribution < -0.4 is 0 Å². The summed E-state index contributed by atoms with van der Waals surface area (Å²) in [6.45, 7) is 5.77. The van der Waals surface area contributed by atoms with E-state index in [1.165, 1.54) is 16.7 Å². The number of hydrogen-bond acceptors (Lipinski definition) is 3. The number of rotatable bonds is 3. The number of fused-ring (bicyclic) bond motifs is 1. The Kier molecular flexibility index (Phi) is 5.44. The first-order chi connectivity index (χ1) is 15.6. The Labute approximate surface area is 189 Å². The number of likely N-dealkylation sites (tertiary alicyclic amines) is 1. The van der Waals surface area contributed by atoms with Gasteiger partial charge in [-0.15, -0.1) is 0 Å². The van der Waals surface area contributed by atoms with Gasteiger partial charge in [0.15, 0.2) is 0 Å². The van der Waals surface area contributed by atoms with Gasteiger partial charge in [-0.1, -0.05) is 48.5 Å². The number of benzene rings is 2. The number of para-hydroxylation sites is 1. The summed E-state index contributed by atoms with van der Waals surface area (Å²) in [4.78, 5) is 24.3. The van der Waals surface area contributed by atoms with E-state index < -0.39 is 0 Å². The van der Waals surface area contributed by atoms with Crippen molar-refractivity contribution in [1.29, 1.82) is 0 Å². The van der Waals surface area contributed by atoms with E-state index in [2.05, 4.69) is 49.2 Å². The summed E-state index contributed by atoms with van der Waals surface area (Å²) in [7, 11) is 0. The Morgan fingerprint density at radius 2 is 1.72 bits per heavy atom. The Bertz CT molecular complexity index is 1270. The van der Waals surface area contributed by atoms with Crippen LogP contribution in [0, 0.1) is 13.8 Å². The number of aryl methyl sites for hydroxylation is 1. The molecule has 1 saturated heterocycles. The fourth-order valence-corrected chi connectivity index (χ4v) is 4.60. The zero-order valence-electron chi connectivity index (χ0n) is 18.6. The van der Waals surface area contributed by atoms with Gasteiger partial charge in [-0.2, -0.15) is 0 Å². The largest absolute Gasteiger partial charge is 0.337 e. The SMILES string of the molecule is Cc1cccc(-c2ccc(C3CCN(C(=O)c4ccc5ccccc5n4)CC3)nc2)c1C. The van der Waals surface area contributed by atoms with E-state index in [1.807, 2.05) is 47.5 Å². The lowest BCUT2D eigenvalue weighted by molar-refractivity contribution is 0.0706. The molecule has 4 heteroatoms. The van der Waals surface area contributed by atoms with Crippen molar-refractivity contribution in [2.24, 2.45) is 0 Å². The van der Waals surface area contributed by atoms with Crippen LogP contribution in [0.3, 0.4) is 0 Å². The Morgan fingerprint density at radius 1 is 0.906 bits per heavy atom. The van der Waals surface area contributed by atoms with Gasteiger partial charge in [0.05, 0.1) is 5.52 Å². The molecule has 4 nitrogen and oxygen atoms in total. The molecular weight excluding hydrogens is 394 g/mol. The van der Waals surface area contributed by atoms with Crippen LogP contribution in [0.5, 0.6) is 0 Å². The Morgan fingerprint density at radius 3 is 2.50 bits per heavy atom. The zero-order chi connectivity index (χ0) is 22.1. The molecular formula is C28H27N3O. The van der Waals surface area contributed by atoms with E-state index in [0.29, 0.717) is 11.6 Å². The molecule has 160 valence electrons. The quantitative estimate of drug-likeness (QED) is 0.412. The van der Waals surface area contributed by atoms with E-state index in [1.54, 1.807) is 0 Å². The van der Waals surface area contributed by atoms with Gasteiger partial charge in [0.1, 0.15) is 5.69 Å². The van der Waals surface area contributed by atoms with Gasteiger partial charge >= 0.3 is 0 Å². The number of nitrogens with zero attached hydrogens (tertiary/aromatic N) is 3. The van der Waals surface area contributed by atoms with Gasteiger partial charge in [0.25, 0.3) is 5.91 Å². The van der Waals surface area contributed by atoms with Crippen LogP contribution >= 0.6 is 0 Å². The molecule has 2 aromatic carbocycles. The number of hydrogen-bond donors (Lipinski definition) is 0. The molecule has 0 spiro atoms. The molecule has 1 amide bonds. The smallest absolute Gasteiger partial charge is 0.272 e. The number of carbonyl (C=O) groups excluding carboxylic acids is 1. The molecule has 0 unspecified atom stereocenters. The average molecular weight is 422 g/mol. The monoisotopic (exact) mass is 421 g/mol. The third-order valence-corrected chi connectivity index (χ3v) is 6.72. The second kappa shape index (κ2) is 8.54. The number of pyridine rings is 2. The molecule has 3 heterocycles. The highest BCUT2D eigenvalue weighted by molar-refractivity contribution is 5.95. The molecule has 1 fully saturated rings. The van der Waals surface area contributed by atoms with Crippen molar-refractivity contribution in [3.05, 3.63) is 95.4 Å². The van der Waals surface area contributed by atoms with Gasteiger partial charge in [0, 0.05) is 41.8 Å². The average Bonchev–Trinajstić information content (AvgIpc) is 2.85. The molecule has 32 heavy (non-hydrogen) atoms. The van der Waals surface area contributed by atoms with Crippen LogP contribution in [-0.4, -0.2) is 33.9 Å². The van der Waals surface area contributed by atoms with Crippen molar-refractivity contribution < 1.29 is 4.79 Å². The lowest BCUT2D eigenvalue weighted by Gasteiger charge is -2.31. The molecule has 0 saturated carbocycles. The van der Waals surface area contributed by atoms with Crippen LogP contribution in [-0.2, 0) is 0 Å². The van der Waals surface area contributed by atoms with E-state index in [9.17, 15) is 4.79 Å². The van der Waals surface area contributed by atoms with Crippen LogP contribution in [0.2, 0.25) is 0 Å². The van der Waals surface area contributed by atoms with Crippen molar-refractivity contribution in [3.8, 4) is 11.1 Å². The topological polar surface area (TPSA) is 46.1 Å². The summed E-state index contributed by atoms with van der Waals surface area (Å²) >= 11 is 0. The van der Waals surface area contributed by atoms with Crippen LogP contribution in [0.1, 0.15) is 46.1 Å². The predicted octanol–water partition coefficient (Wildman–Crippen LogP) is 5.93. The lowest BCUT2D eigenvalue weighted by atomic mass is 9.91. The maximum atomic E-state index is 13.0. The molecule has 1 aliphatic rings. The van der Waals surface area contributed by atoms with E-state index in [-0.39, 0.29) is 5.91 Å². The molecule has 4 aromatic rings. The molecule has 5 rings (SSSR count). The fraction of sp³-hybridized carbons (Fsp3) is 0.250. The van der Waals surface area contributed by atoms with Crippen LogP contribution in [0.4, 0.5) is 0 Å². The fourth-order valence-electron chi connectivity index (χ4n) is 4.60. The molecule has 0 aliphatic carbocycles. The first-order valence-electron chi connectivity index (χ1n) is 11.3. The standard InChI is InChI=1S/C28H27N3O/c1-19-6-5-8-24(20(19)2)23-11-12-25(29-18-23)22-14-16-31(17-15-22)28(32)27-13-10-21-7-3-4-9-26(21)30-27/h3-13,18,22H,14-17H2,1-2H3. The Hall–Kier alpha value is -3.53. The highest BCUT2D eigenvalue weighted by atomic mass is 16.2. The minimum Gasteiger partial charge on any atom is -0.337 e. The van der Waals surface area contributed by atoms with Gasteiger partial charge < -0.3 is 4.90 Å².